The van der Waals surface area contributed by atoms with Crippen LogP contribution in [0.2, 0.25) is 5.02 Å². The summed E-state index contributed by atoms with van der Waals surface area (Å²) in [6.45, 7) is 3.66. The Labute approximate surface area is 218 Å². The van der Waals surface area contributed by atoms with Crippen molar-refractivity contribution in [2.75, 3.05) is 37.9 Å². The van der Waals surface area contributed by atoms with Gasteiger partial charge in [0.1, 0.15) is 24.1 Å². The van der Waals surface area contributed by atoms with E-state index in [0.717, 1.165) is 29.0 Å². The Morgan fingerprint density at radius 3 is 2.31 bits per heavy atom. The van der Waals surface area contributed by atoms with Crippen molar-refractivity contribution in [2.24, 2.45) is 0 Å². The fourth-order valence-electron chi connectivity index (χ4n) is 3.49. The molecule has 0 radical (unpaired) electrons. The van der Waals surface area contributed by atoms with Gasteiger partial charge in [0.25, 0.3) is 0 Å². The van der Waals surface area contributed by atoms with Crippen LogP contribution in [0, 0.1) is 0 Å². The molecule has 2 aromatic rings. The van der Waals surface area contributed by atoms with Crippen molar-refractivity contribution in [1.82, 2.24) is 10.2 Å². The van der Waals surface area contributed by atoms with E-state index in [2.05, 4.69) is 5.32 Å². The first-order valence-corrected chi connectivity index (χ1v) is 13.8. The Morgan fingerprint density at radius 1 is 1.08 bits per heavy atom. The minimum atomic E-state index is -3.91. The molecule has 9 nitrogen and oxygen atoms in total. The zero-order chi connectivity index (χ0) is 26.9. The molecule has 0 aromatic heterocycles. The number of halogens is 1. The van der Waals surface area contributed by atoms with Crippen LogP contribution in [-0.4, -0.2) is 64.7 Å². The van der Waals surface area contributed by atoms with Crippen LogP contribution in [0.15, 0.2) is 42.5 Å². The molecule has 0 spiro atoms. The largest absolute Gasteiger partial charge is 0.497 e. The van der Waals surface area contributed by atoms with Crippen molar-refractivity contribution >= 4 is 39.1 Å². The molecule has 0 unspecified atom stereocenters. The van der Waals surface area contributed by atoms with Gasteiger partial charge in [0.15, 0.2) is 0 Å². The number of hydrogen-bond donors (Lipinski definition) is 1. The van der Waals surface area contributed by atoms with Gasteiger partial charge in [0.2, 0.25) is 21.8 Å². The van der Waals surface area contributed by atoms with Crippen LogP contribution >= 0.6 is 11.6 Å². The molecule has 1 atom stereocenters. The van der Waals surface area contributed by atoms with E-state index in [1.54, 1.807) is 43.3 Å². The molecule has 0 heterocycles. The van der Waals surface area contributed by atoms with Crippen molar-refractivity contribution in [2.45, 2.75) is 39.3 Å². The van der Waals surface area contributed by atoms with Gasteiger partial charge in [-0.1, -0.05) is 37.1 Å². The lowest BCUT2D eigenvalue weighted by molar-refractivity contribution is -0.139. The highest BCUT2D eigenvalue weighted by atomic mass is 35.5. The van der Waals surface area contributed by atoms with E-state index < -0.39 is 28.5 Å². The molecule has 0 bridgehead atoms. The lowest BCUT2D eigenvalue weighted by Gasteiger charge is -2.32. The highest BCUT2D eigenvalue weighted by Gasteiger charge is 2.31. The highest BCUT2D eigenvalue weighted by molar-refractivity contribution is 7.92. The van der Waals surface area contributed by atoms with Crippen molar-refractivity contribution in [1.29, 1.82) is 0 Å². The number of anilines is 1. The van der Waals surface area contributed by atoms with Crippen molar-refractivity contribution in [3.05, 3.63) is 53.1 Å². The third-order valence-corrected chi connectivity index (χ3v) is 6.98. The summed E-state index contributed by atoms with van der Waals surface area (Å²) in [5, 5.41) is 3.38. The number of carbonyl (C=O) groups is 2. The second-order valence-corrected chi connectivity index (χ2v) is 10.6. The van der Waals surface area contributed by atoms with Gasteiger partial charge in [-0.25, -0.2) is 8.42 Å². The molecule has 2 rings (SSSR count). The smallest absolute Gasteiger partial charge is 0.244 e. The quantitative estimate of drug-likeness (QED) is 0.391. The first-order chi connectivity index (χ1) is 17.0. The van der Waals surface area contributed by atoms with Gasteiger partial charge in [0.05, 0.1) is 26.2 Å². The number of ether oxygens (including phenoxy) is 2. The van der Waals surface area contributed by atoms with Gasteiger partial charge >= 0.3 is 0 Å². The number of unbranched alkanes of at least 4 members (excludes halogenated alkanes) is 1. The van der Waals surface area contributed by atoms with E-state index in [4.69, 9.17) is 21.1 Å². The second-order valence-electron chi connectivity index (χ2n) is 8.28. The molecule has 0 fully saturated rings. The van der Waals surface area contributed by atoms with Crippen LogP contribution in [0.3, 0.4) is 0 Å². The van der Waals surface area contributed by atoms with E-state index in [-0.39, 0.29) is 23.9 Å². The minimum absolute atomic E-state index is 0.0885. The number of sulfonamides is 1. The predicted octanol–water partition coefficient (Wildman–Crippen LogP) is 3.46. The van der Waals surface area contributed by atoms with Crippen LogP contribution in [0.4, 0.5) is 5.69 Å². The maximum absolute atomic E-state index is 13.6. The Kier molecular flexibility index (Phi) is 10.9. The van der Waals surface area contributed by atoms with Gasteiger partial charge in [-0.3, -0.25) is 13.9 Å². The van der Waals surface area contributed by atoms with E-state index in [1.165, 1.54) is 25.2 Å². The molecule has 0 aliphatic heterocycles. The summed E-state index contributed by atoms with van der Waals surface area (Å²) in [5.41, 5.74) is 0.894. The molecule has 2 amide bonds. The summed E-state index contributed by atoms with van der Waals surface area (Å²) in [6, 6.07) is 10.7. The number of rotatable bonds is 13. The SMILES string of the molecule is CCCCNC(=O)[C@H](C)N(Cc1ccc(Cl)cc1)C(=O)CN(c1cc(OC)ccc1OC)S(C)(=O)=O. The number of hydrogen-bond acceptors (Lipinski definition) is 6. The number of nitrogens with zero attached hydrogens (tertiary/aromatic N) is 2. The fraction of sp³-hybridized carbons (Fsp3) is 0.440. The zero-order valence-electron chi connectivity index (χ0n) is 21.3. The van der Waals surface area contributed by atoms with Crippen LogP contribution in [0.1, 0.15) is 32.3 Å². The highest BCUT2D eigenvalue weighted by Crippen LogP contribution is 2.34. The fourth-order valence-corrected chi connectivity index (χ4v) is 4.46. The van der Waals surface area contributed by atoms with Crippen molar-refractivity contribution in [3.8, 4) is 11.5 Å². The molecule has 1 N–H and O–H groups in total. The van der Waals surface area contributed by atoms with Crippen LogP contribution in [-0.2, 0) is 26.2 Å². The Bertz CT molecular complexity index is 1140. The molecular formula is C25H34ClN3O6S. The normalized spacial score (nSPS) is 11.9. The first-order valence-electron chi connectivity index (χ1n) is 11.5. The maximum Gasteiger partial charge on any atom is 0.244 e. The topological polar surface area (TPSA) is 105 Å². The molecule has 198 valence electrons. The van der Waals surface area contributed by atoms with Crippen LogP contribution in [0.25, 0.3) is 0 Å². The monoisotopic (exact) mass is 539 g/mol. The molecule has 0 aliphatic carbocycles. The molecular weight excluding hydrogens is 506 g/mol. The third-order valence-electron chi connectivity index (χ3n) is 5.60. The van der Waals surface area contributed by atoms with Gasteiger partial charge in [-0.2, -0.15) is 0 Å². The molecule has 0 saturated carbocycles. The third kappa shape index (κ3) is 8.03. The number of amides is 2. The van der Waals surface area contributed by atoms with E-state index in [1.807, 2.05) is 6.92 Å². The average Bonchev–Trinajstić information content (AvgIpc) is 2.85. The first kappa shape index (κ1) is 29.3. The zero-order valence-corrected chi connectivity index (χ0v) is 22.9. The van der Waals surface area contributed by atoms with Crippen molar-refractivity contribution < 1.29 is 27.5 Å². The van der Waals surface area contributed by atoms with E-state index >= 15 is 0 Å². The number of nitrogens with one attached hydrogen (secondary N) is 1. The Hall–Kier alpha value is -2.98. The summed E-state index contributed by atoms with van der Waals surface area (Å²) < 4.78 is 37.1. The lowest BCUT2D eigenvalue weighted by Crippen LogP contribution is -2.51. The summed E-state index contributed by atoms with van der Waals surface area (Å²) >= 11 is 5.99. The molecule has 11 heteroatoms. The molecule has 0 aliphatic rings. The molecule has 36 heavy (non-hydrogen) atoms. The van der Waals surface area contributed by atoms with Gasteiger partial charge < -0.3 is 19.7 Å². The lowest BCUT2D eigenvalue weighted by atomic mass is 10.1. The minimum Gasteiger partial charge on any atom is -0.497 e. The van der Waals surface area contributed by atoms with Crippen LogP contribution in [0.5, 0.6) is 11.5 Å². The second kappa shape index (κ2) is 13.4. The molecule has 2 aromatic carbocycles. The van der Waals surface area contributed by atoms with Gasteiger partial charge in [-0.05, 0) is 43.2 Å². The average molecular weight is 540 g/mol. The predicted molar refractivity (Wildman–Crippen MR) is 141 cm³/mol. The Balaban J connectivity index is 2.43. The summed E-state index contributed by atoms with van der Waals surface area (Å²) in [4.78, 5) is 27.8. The molecule has 0 saturated heterocycles. The number of benzene rings is 2. The Morgan fingerprint density at radius 2 is 1.75 bits per heavy atom. The van der Waals surface area contributed by atoms with Gasteiger partial charge in [0, 0.05) is 24.2 Å². The van der Waals surface area contributed by atoms with E-state index in [9.17, 15) is 18.0 Å². The summed E-state index contributed by atoms with van der Waals surface area (Å²) in [5.74, 6) is -0.230. The van der Waals surface area contributed by atoms with E-state index in [0.29, 0.717) is 17.3 Å². The van der Waals surface area contributed by atoms with Crippen LogP contribution < -0.4 is 19.1 Å². The van der Waals surface area contributed by atoms with Gasteiger partial charge in [-0.15, -0.1) is 0 Å². The standard InChI is InChI=1S/C25H34ClN3O6S/c1-6-7-14-27-25(31)18(2)28(16-19-8-10-20(26)11-9-19)24(30)17-29(36(5,32)33)22-15-21(34-3)12-13-23(22)35-4/h8-13,15,18H,6-7,14,16-17H2,1-5H3,(H,27,31)/t18-/m0/s1. The maximum atomic E-state index is 13.6. The number of methoxy groups -OCH3 is 2. The summed E-state index contributed by atoms with van der Waals surface area (Å²) in [6.07, 6.45) is 2.72. The number of carbonyl (C=O) groups excluding carboxylic acids is 2. The van der Waals surface area contributed by atoms with Crippen molar-refractivity contribution in [3.63, 3.8) is 0 Å². The summed E-state index contributed by atoms with van der Waals surface area (Å²) in [7, 11) is -1.06.